The number of amides is 1. The molecule has 0 atom stereocenters. The highest BCUT2D eigenvalue weighted by Gasteiger charge is 2.13. The molecule has 132 valence electrons. The summed E-state index contributed by atoms with van der Waals surface area (Å²) in [6.45, 7) is 0. The Hall–Kier alpha value is -3.69. The van der Waals surface area contributed by atoms with Crippen LogP contribution in [0.2, 0.25) is 0 Å². The van der Waals surface area contributed by atoms with Crippen LogP contribution in [0.25, 0.3) is 22.1 Å². The maximum absolute atomic E-state index is 12.2. The van der Waals surface area contributed by atoms with Gasteiger partial charge in [0.25, 0.3) is 5.56 Å². The largest absolute Gasteiger partial charge is 0.336 e. The van der Waals surface area contributed by atoms with Crippen molar-refractivity contribution in [2.24, 2.45) is 7.05 Å². The number of aromatic amines is 3. The first-order chi connectivity index (χ1) is 12.5. The molecule has 1 aromatic carbocycles. The van der Waals surface area contributed by atoms with Gasteiger partial charge in [0.05, 0.1) is 17.4 Å². The number of fused-ring (bicyclic) bond motifs is 2. The SMILES string of the molecule is Cn1c(=O)[nH]c(=O)c2[nH]c(CCC(=O)Nc3cccc4cn[nH]c34)nc21. The Morgan fingerprint density at radius 2 is 2.08 bits per heavy atom. The van der Waals surface area contributed by atoms with Crippen LogP contribution in [0.3, 0.4) is 0 Å². The molecular formula is C16H15N7O3. The Morgan fingerprint density at radius 1 is 1.23 bits per heavy atom. The topological polar surface area (TPSA) is 141 Å². The quantitative estimate of drug-likeness (QED) is 0.420. The number of rotatable bonds is 4. The molecule has 3 heterocycles. The molecule has 1 amide bonds. The molecular weight excluding hydrogens is 338 g/mol. The molecule has 3 aromatic heterocycles. The number of hydrogen-bond donors (Lipinski definition) is 4. The predicted octanol–water partition coefficient (Wildman–Crippen LogP) is 0.397. The van der Waals surface area contributed by atoms with Crippen molar-refractivity contribution in [2.45, 2.75) is 12.8 Å². The standard InChI is InChI=1S/C16H15N7O3/c1-23-14-13(15(25)21-16(23)26)19-10(20-14)5-6-11(24)18-9-4-2-3-8-7-17-22-12(8)9/h2-4,7H,5-6H2,1H3,(H,17,22)(H,18,24)(H,19,20)(H,21,25,26). The van der Waals surface area contributed by atoms with Crippen molar-refractivity contribution in [1.29, 1.82) is 0 Å². The summed E-state index contributed by atoms with van der Waals surface area (Å²) in [7, 11) is 1.52. The second kappa shape index (κ2) is 5.99. The molecule has 10 nitrogen and oxygen atoms in total. The van der Waals surface area contributed by atoms with Gasteiger partial charge in [-0.15, -0.1) is 0 Å². The lowest BCUT2D eigenvalue weighted by atomic mass is 10.2. The highest BCUT2D eigenvalue weighted by Crippen LogP contribution is 2.20. The third-order valence-corrected chi connectivity index (χ3v) is 4.14. The number of carbonyl (C=O) groups is 1. The Bertz CT molecular complexity index is 1240. The summed E-state index contributed by atoms with van der Waals surface area (Å²) < 4.78 is 1.25. The summed E-state index contributed by atoms with van der Waals surface area (Å²) in [5.74, 6) is 0.261. The van der Waals surface area contributed by atoms with E-state index in [0.717, 1.165) is 10.9 Å². The summed E-state index contributed by atoms with van der Waals surface area (Å²) in [4.78, 5) is 45.0. The second-order valence-corrected chi connectivity index (χ2v) is 5.89. The lowest BCUT2D eigenvalue weighted by molar-refractivity contribution is -0.116. The van der Waals surface area contributed by atoms with Gasteiger partial charge in [0.1, 0.15) is 11.3 Å². The molecule has 0 saturated heterocycles. The van der Waals surface area contributed by atoms with Gasteiger partial charge in [0, 0.05) is 25.3 Å². The zero-order valence-electron chi connectivity index (χ0n) is 13.8. The molecule has 0 aliphatic carbocycles. The number of anilines is 1. The zero-order chi connectivity index (χ0) is 18.3. The van der Waals surface area contributed by atoms with Crippen molar-refractivity contribution in [2.75, 3.05) is 5.32 Å². The number of aryl methyl sites for hydroxylation is 2. The Kier molecular flexibility index (Phi) is 3.64. The highest BCUT2D eigenvalue weighted by atomic mass is 16.2. The molecule has 0 fully saturated rings. The van der Waals surface area contributed by atoms with Crippen molar-refractivity contribution >= 4 is 33.7 Å². The van der Waals surface area contributed by atoms with E-state index in [1.807, 2.05) is 12.1 Å². The van der Waals surface area contributed by atoms with E-state index in [2.05, 4.69) is 30.5 Å². The van der Waals surface area contributed by atoms with Crippen molar-refractivity contribution in [3.63, 3.8) is 0 Å². The van der Waals surface area contributed by atoms with Crippen molar-refractivity contribution < 1.29 is 4.79 Å². The van der Waals surface area contributed by atoms with Gasteiger partial charge in [-0.2, -0.15) is 5.10 Å². The van der Waals surface area contributed by atoms with E-state index in [9.17, 15) is 14.4 Å². The first kappa shape index (κ1) is 15.8. The molecule has 10 heteroatoms. The number of aromatic nitrogens is 6. The maximum Gasteiger partial charge on any atom is 0.329 e. The predicted molar refractivity (Wildman–Crippen MR) is 95.0 cm³/mol. The molecule has 26 heavy (non-hydrogen) atoms. The van der Waals surface area contributed by atoms with E-state index in [1.54, 1.807) is 12.3 Å². The Morgan fingerprint density at radius 3 is 2.92 bits per heavy atom. The molecule has 0 aliphatic rings. The van der Waals surface area contributed by atoms with Crippen molar-refractivity contribution in [3.8, 4) is 0 Å². The van der Waals surface area contributed by atoms with Crippen LogP contribution in [0, 0.1) is 0 Å². The number of para-hydroxylation sites is 1. The smallest absolute Gasteiger partial charge is 0.329 e. The number of imidazole rings is 1. The van der Waals surface area contributed by atoms with Crippen LogP contribution in [-0.4, -0.2) is 35.6 Å². The fourth-order valence-corrected chi connectivity index (χ4v) is 2.79. The van der Waals surface area contributed by atoms with E-state index in [4.69, 9.17) is 0 Å². The summed E-state index contributed by atoms with van der Waals surface area (Å²) in [6, 6.07) is 5.51. The highest BCUT2D eigenvalue weighted by molar-refractivity contribution is 6.00. The summed E-state index contributed by atoms with van der Waals surface area (Å²) in [6.07, 6.45) is 2.14. The third-order valence-electron chi connectivity index (χ3n) is 4.14. The number of benzene rings is 1. The first-order valence-electron chi connectivity index (χ1n) is 7.93. The minimum Gasteiger partial charge on any atom is -0.336 e. The van der Waals surface area contributed by atoms with Gasteiger partial charge in [-0.05, 0) is 6.07 Å². The van der Waals surface area contributed by atoms with E-state index in [-0.39, 0.29) is 23.5 Å². The van der Waals surface area contributed by atoms with E-state index in [1.165, 1.54) is 11.6 Å². The third kappa shape index (κ3) is 2.66. The van der Waals surface area contributed by atoms with E-state index < -0.39 is 11.2 Å². The summed E-state index contributed by atoms with van der Waals surface area (Å²) in [5.41, 5.74) is 0.809. The Labute approximate surface area is 145 Å². The summed E-state index contributed by atoms with van der Waals surface area (Å²) in [5, 5.41) is 10.5. The molecule has 0 unspecified atom stereocenters. The summed E-state index contributed by atoms with van der Waals surface area (Å²) >= 11 is 0. The molecule has 0 spiro atoms. The van der Waals surface area contributed by atoms with Crippen LogP contribution in [0.4, 0.5) is 5.69 Å². The average Bonchev–Trinajstić information content (AvgIpc) is 3.26. The Balaban J connectivity index is 1.51. The molecule has 0 bridgehead atoms. The van der Waals surface area contributed by atoms with Crippen LogP contribution >= 0.6 is 0 Å². The molecule has 0 aliphatic heterocycles. The van der Waals surface area contributed by atoms with Gasteiger partial charge in [-0.3, -0.25) is 24.2 Å². The van der Waals surface area contributed by atoms with Gasteiger partial charge >= 0.3 is 5.69 Å². The lowest BCUT2D eigenvalue weighted by Crippen LogP contribution is -2.28. The van der Waals surface area contributed by atoms with Crippen molar-refractivity contribution in [1.82, 2.24) is 29.7 Å². The molecule has 0 radical (unpaired) electrons. The van der Waals surface area contributed by atoms with Gasteiger partial charge in [-0.1, -0.05) is 12.1 Å². The molecule has 4 N–H and O–H groups in total. The van der Waals surface area contributed by atoms with Gasteiger partial charge < -0.3 is 10.3 Å². The number of nitrogens with one attached hydrogen (secondary N) is 4. The van der Waals surface area contributed by atoms with Crippen LogP contribution < -0.4 is 16.6 Å². The maximum atomic E-state index is 12.2. The zero-order valence-corrected chi connectivity index (χ0v) is 13.8. The molecule has 0 saturated carbocycles. The van der Waals surface area contributed by atoms with Crippen LogP contribution in [-0.2, 0) is 18.3 Å². The van der Waals surface area contributed by atoms with Gasteiger partial charge in [0.15, 0.2) is 5.65 Å². The fraction of sp³-hybridized carbons (Fsp3) is 0.188. The van der Waals surface area contributed by atoms with Crippen molar-refractivity contribution in [3.05, 3.63) is 51.1 Å². The van der Waals surface area contributed by atoms with Crippen LogP contribution in [0.15, 0.2) is 34.0 Å². The normalized spacial score (nSPS) is 11.3. The van der Waals surface area contributed by atoms with Gasteiger partial charge in [0.2, 0.25) is 5.91 Å². The number of nitrogens with zero attached hydrogens (tertiary/aromatic N) is 3. The lowest BCUT2D eigenvalue weighted by Gasteiger charge is -2.05. The minimum atomic E-state index is -0.536. The van der Waals surface area contributed by atoms with Crippen LogP contribution in [0.1, 0.15) is 12.2 Å². The monoisotopic (exact) mass is 353 g/mol. The number of H-pyrrole nitrogens is 3. The van der Waals surface area contributed by atoms with E-state index in [0.29, 0.717) is 17.9 Å². The van der Waals surface area contributed by atoms with Crippen LogP contribution in [0.5, 0.6) is 0 Å². The fourth-order valence-electron chi connectivity index (χ4n) is 2.79. The second-order valence-electron chi connectivity index (χ2n) is 5.89. The number of hydrogen-bond acceptors (Lipinski definition) is 5. The van der Waals surface area contributed by atoms with Gasteiger partial charge in [-0.25, -0.2) is 9.78 Å². The average molecular weight is 353 g/mol. The molecule has 4 aromatic rings. The van der Waals surface area contributed by atoms with E-state index >= 15 is 0 Å². The number of carbonyl (C=O) groups excluding carboxylic acids is 1. The minimum absolute atomic E-state index is 0.163. The first-order valence-corrected chi connectivity index (χ1v) is 7.93. The molecule has 4 rings (SSSR count).